The second-order valence-corrected chi connectivity index (χ2v) is 5.84. The van der Waals surface area contributed by atoms with Gasteiger partial charge in [-0.2, -0.15) is 0 Å². The zero-order valence-corrected chi connectivity index (χ0v) is 14.1. The third-order valence-electron chi connectivity index (χ3n) is 3.63. The average molecular weight is 332 g/mol. The number of carboxylic acid groups (broad SMARTS) is 1. The number of hydrogen-bond donors (Lipinski definition) is 2. The lowest BCUT2D eigenvalue weighted by atomic mass is 10.00. The number of nitrogens with zero attached hydrogens (tertiary/aromatic N) is 1. The smallest absolute Gasteiger partial charge is 0.407 e. The highest BCUT2D eigenvalue weighted by Crippen LogP contribution is 2.14. The highest BCUT2D eigenvalue weighted by atomic mass is 16.6. The van der Waals surface area contributed by atoms with Crippen LogP contribution in [0.2, 0.25) is 0 Å². The molecule has 0 aliphatic heterocycles. The number of hydrogen-bond acceptors (Lipinski definition) is 4. The summed E-state index contributed by atoms with van der Waals surface area (Å²) in [7, 11) is 0. The van der Waals surface area contributed by atoms with Gasteiger partial charge in [0, 0.05) is 18.3 Å². The number of anilines is 1. The second kappa shape index (κ2) is 10.2. The first-order valence-electron chi connectivity index (χ1n) is 7.92. The lowest BCUT2D eigenvalue weighted by Crippen LogP contribution is -2.10. The Bertz CT molecular complexity index is 593. The van der Waals surface area contributed by atoms with Crippen LogP contribution in [0.25, 0.3) is 0 Å². The largest absolute Gasteiger partial charge is 0.473 e. The van der Waals surface area contributed by atoms with E-state index in [1.165, 1.54) is 11.6 Å². The van der Waals surface area contributed by atoms with Crippen LogP contribution in [0, 0.1) is 16.0 Å². The van der Waals surface area contributed by atoms with Crippen molar-refractivity contribution in [3.05, 3.63) is 63.9 Å². The fourth-order valence-electron chi connectivity index (χ4n) is 2.15. The van der Waals surface area contributed by atoms with E-state index in [-0.39, 0.29) is 5.92 Å². The van der Waals surface area contributed by atoms with Gasteiger partial charge in [-0.1, -0.05) is 36.8 Å². The van der Waals surface area contributed by atoms with Crippen LogP contribution in [-0.2, 0) is 4.79 Å². The van der Waals surface area contributed by atoms with Crippen molar-refractivity contribution in [3.8, 4) is 0 Å². The van der Waals surface area contributed by atoms with Gasteiger partial charge in [0.1, 0.15) is 0 Å². The van der Waals surface area contributed by atoms with E-state index in [1.807, 2.05) is 37.3 Å². The quantitative estimate of drug-likeness (QED) is 0.291. The summed E-state index contributed by atoms with van der Waals surface area (Å²) in [6.45, 7) is 4.78. The van der Waals surface area contributed by atoms with Crippen LogP contribution in [0.15, 0.2) is 53.8 Å². The van der Waals surface area contributed by atoms with Crippen LogP contribution in [0.3, 0.4) is 0 Å². The van der Waals surface area contributed by atoms with Gasteiger partial charge < -0.3 is 10.4 Å². The van der Waals surface area contributed by atoms with Crippen LogP contribution in [0.4, 0.5) is 5.69 Å². The maximum absolute atomic E-state index is 10.7. The van der Waals surface area contributed by atoms with Crippen LogP contribution in [-0.4, -0.2) is 22.5 Å². The minimum absolute atomic E-state index is 0.186. The Morgan fingerprint density at radius 3 is 2.58 bits per heavy atom. The molecule has 0 bridgehead atoms. The molecule has 1 rings (SSSR count). The fourth-order valence-corrected chi connectivity index (χ4v) is 2.15. The molecule has 0 amide bonds. The summed E-state index contributed by atoms with van der Waals surface area (Å²) < 4.78 is 0. The van der Waals surface area contributed by atoms with E-state index in [9.17, 15) is 14.9 Å². The minimum atomic E-state index is -1.49. The van der Waals surface area contributed by atoms with Gasteiger partial charge in [0.2, 0.25) is 0 Å². The second-order valence-electron chi connectivity index (χ2n) is 5.84. The summed E-state index contributed by atoms with van der Waals surface area (Å²) in [5.41, 5.74) is 1.54. The Hall–Kier alpha value is -2.63. The maximum atomic E-state index is 10.7. The van der Waals surface area contributed by atoms with Crippen molar-refractivity contribution in [1.29, 1.82) is 0 Å². The number of carbonyl (C=O) groups is 1. The van der Waals surface area contributed by atoms with Crippen molar-refractivity contribution >= 4 is 11.7 Å². The summed E-state index contributed by atoms with van der Waals surface area (Å²) >= 11 is 0. The predicted molar refractivity (Wildman–Crippen MR) is 94.4 cm³/mol. The molecule has 6 nitrogen and oxygen atoms in total. The van der Waals surface area contributed by atoms with E-state index in [2.05, 4.69) is 18.3 Å². The Morgan fingerprint density at radius 1 is 1.33 bits per heavy atom. The van der Waals surface area contributed by atoms with Gasteiger partial charge >= 0.3 is 11.7 Å². The molecule has 0 fully saturated rings. The van der Waals surface area contributed by atoms with E-state index < -0.39 is 16.6 Å². The van der Waals surface area contributed by atoms with Crippen molar-refractivity contribution in [1.82, 2.24) is 0 Å². The Labute approximate surface area is 142 Å². The predicted octanol–water partition coefficient (Wildman–Crippen LogP) is 4.10. The molecule has 0 aromatic heterocycles. The molecule has 0 aliphatic carbocycles. The van der Waals surface area contributed by atoms with Crippen molar-refractivity contribution < 1.29 is 14.8 Å². The molecule has 24 heavy (non-hydrogen) atoms. The molecule has 0 aliphatic rings. The summed E-state index contributed by atoms with van der Waals surface area (Å²) in [6, 6.07) is 9.95. The molecular formula is C18H24N2O4. The van der Waals surface area contributed by atoms with Crippen molar-refractivity contribution in [2.45, 2.75) is 33.1 Å². The van der Waals surface area contributed by atoms with Crippen LogP contribution in [0.1, 0.15) is 33.1 Å². The summed E-state index contributed by atoms with van der Waals surface area (Å²) in [4.78, 5) is 20.5. The average Bonchev–Trinajstić information content (AvgIpc) is 2.53. The van der Waals surface area contributed by atoms with Gasteiger partial charge in [0.05, 0.1) is 4.92 Å². The number of para-hydroxylation sites is 1. The van der Waals surface area contributed by atoms with Gasteiger partial charge in [0.15, 0.2) is 0 Å². The third kappa shape index (κ3) is 7.58. The maximum Gasteiger partial charge on any atom is 0.407 e. The normalized spacial score (nSPS) is 13.4. The standard InChI is InChI=1S/C18H24N2O4/c1-14(11-12-17(18(21)22)20(23)24)7-6-8-15(2)13-19-16-9-4-3-5-10-16/h3-5,8-10,12,14,19H,6-7,11,13H2,1-2H3,(H,21,22). The summed E-state index contributed by atoms with van der Waals surface area (Å²) in [5, 5.41) is 22.6. The first-order valence-corrected chi connectivity index (χ1v) is 7.92. The zero-order chi connectivity index (χ0) is 17.9. The molecule has 1 aromatic carbocycles. The van der Waals surface area contributed by atoms with Crippen LogP contribution >= 0.6 is 0 Å². The molecule has 6 heteroatoms. The molecule has 2 N–H and O–H groups in total. The van der Waals surface area contributed by atoms with Crippen LogP contribution < -0.4 is 5.32 Å². The molecule has 0 radical (unpaired) electrons. The molecule has 0 saturated heterocycles. The number of benzene rings is 1. The van der Waals surface area contributed by atoms with Gasteiger partial charge in [0.25, 0.3) is 0 Å². The molecule has 130 valence electrons. The lowest BCUT2D eigenvalue weighted by Gasteiger charge is -2.08. The highest BCUT2D eigenvalue weighted by Gasteiger charge is 2.20. The van der Waals surface area contributed by atoms with Crippen molar-refractivity contribution in [3.63, 3.8) is 0 Å². The third-order valence-corrected chi connectivity index (χ3v) is 3.63. The highest BCUT2D eigenvalue weighted by molar-refractivity contribution is 5.83. The number of carboxylic acids is 1. The van der Waals surface area contributed by atoms with Gasteiger partial charge in [-0.25, -0.2) is 4.79 Å². The number of allylic oxidation sites excluding steroid dienone is 2. The first-order chi connectivity index (χ1) is 11.4. The summed E-state index contributed by atoms with van der Waals surface area (Å²) in [6.07, 6.45) is 5.43. The first kappa shape index (κ1) is 19.4. The van der Waals surface area contributed by atoms with E-state index in [4.69, 9.17) is 5.11 Å². The lowest BCUT2D eigenvalue weighted by molar-refractivity contribution is -0.421. The van der Waals surface area contributed by atoms with E-state index >= 15 is 0 Å². The van der Waals surface area contributed by atoms with Crippen LogP contribution in [0.5, 0.6) is 0 Å². The van der Waals surface area contributed by atoms with E-state index in [0.29, 0.717) is 6.42 Å². The Balaban J connectivity index is 2.35. The van der Waals surface area contributed by atoms with Gasteiger partial charge in [-0.05, 0) is 44.2 Å². The van der Waals surface area contributed by atoms with Gasteiger partial charge in [-0.3, -0.25) is 10.1 Å². The van der Waals surface area contributed by atoms with E-state index in [1.54, 1.807) is 0 Å². The SMILES string of the molecule is CC(=CCCC(C)CC=C(C(=O)O)[N+](=O)[O-])CNc1ccccc1. The molecule has 0 spiro atoms. The Kier molecular flexibility index (Phi) is 8.25. The van der Waals surface area contributed by atoms with Crippen molar-refractivity contribution in [2.24, 2.45) is 5.92 Å². The van der Waals surface area contributed by atoms with E-state index in [0.717, 1.165) is 25.1 Å². The summed E-state index contributed by atoms with van der Waals surface area (Å²) in [5.74, 6) is -1.31. The number of rotatable bonds is 10. The topological polar surface area (TPSA) is 92.5 Å². The van der Waals surface area contributed by atoms with Crippen molar-refractivity contribution in [2.75, 3.05) is 11.9 Å². The Morgan fingerprint density at radius 2 is 2.00 bits per heavy atom. The van der Waals surface area contributed by atoms with Gasteiger partial charge in [-0.15, -0.1) is 0 Å². The molecule has 0 saturated carbocycles. The monoisotopic (exact) mass is 332 g/mol. The molecular weight excluding hydrogens is 308 g/mol. The number of nitro groups is 1. The molecule has 1 atom stereocenters. The number of aliphatic carboxylic acids is 1. The zero-order valence-electron chi connectivity index (χ0n) is 14.1. The fraction of sp³-hybridized carbons (Fsp3) is 0.389. The molecule has 1 aromatic rings. The number of nitrogens with one attached hydrogen (secondary N) is 1. The minimum Gasteiger partial charge on any atom is -0.473 e. The molecule has 1 unspecified atom stereocenters. The molecule has 0 heterocycles.